The number of fused-ring (bicyclic) bond motifs is 1. The Labute approximate surface area is 228 Å². The van der Waals surface area contributed by atoms with Crippen molar-refractivity contribution in [3.05, 3.63) is 69.4 Å². The normalized spacial score (nSPS) is 20.2. The topological polar surface area (TPSA) is 99.7 Å². The van der Waals surface area contributed by atoms with E-state index in [2.05, 4.69) is 32.2 Å². The smallest absolute Gasteiger partial charge is 0.328 e. The van der Waals surface area contributed by atoms with Crippen molar-refractivity contribution >= 4 is 22.5 Å². The number of rotatable bonds is 9. The number of piperazine rings is 1. The number of nitrogens with one attached hydrogen (secondary N) is 2. The minimum atomic E-state index is -0.360. The molecule has 1 aromatic heterocycles. The van der Waals surface area contributed by atoms with Gasteiger partial charge in [-0.2, -0.15) is 0 Å². The lowest BCUT2D eigenvalue weighted by atomic mass is 9.81. The first-order valence-electron chi connectivity index (χ1n) is 14.1. The Kier molecular flexibility index (Phi) is 8.66. The number of nitrogens with zero attached hydrogens (tertiary/aromatic N) is 3. The molecule has 2 N–H and O–H groups in total. The monoisotopic (exact) mass is 533 g/mol. The van der Waals surface area contributed by atoms with Crippen molar-refractivity contribution in [2.45, 2.75) is 38.6 Å². The number of amides is 1. The van der Waals surface area contributed by atoms with E-state index in [1.807, 2.05) is 12.1 Å². The summed E-state index contributed by atoms with van der Waals surface area (Å²) in [6, 6.07) is 15.3. The van der Waals surface area contributed by atoms with Crippen molar-refractivity contribution in [1.29, 1.82) is 0 Å². The van der Waals surface area contributed by atoms with Gasteiger partial charge in [0.25, 0.3) is 5.56 Å². The van der Waals surface area contributed by atoms with Crippen molar-refractivity contribution in [2.75, 3.05) is 51.3 Å². The molecule has 2 fully saturated rings. The van der Waals surface area contributed by atoms with Crippen LogP contribution in [0.25, 0.3) is 10.9 Å². The van der Waals surface area contributed by atoms with Crippen LogP contribution < -0.4 is 26.2 Å². The van der Waals surface area contributed by atoms with Gasteiger partial charge in [-0.3, -0.25) is 19.1 Å². The van der Waals surface area contributed by atoms with Crippen LogP contribution >= 0.6 is 0 Å². The summed E-state index contributed by atoms with van der Waals surface area (Å²) in [4.78, 5) is 45.8. The van der Waals surface area contributed by atoms with Gasteiger partial charge in [0.15, 0.2) is 0 Å². The summed E-state index contributed by atoms with van der Waals surface area (Å²) in [5, 5.41) is 3.67. The molecule has 2 heterocycles. The number of carbonyl (C=O) groups excluding carboxylic acids is 1. The second-order valence-electron chi connectivity index (χ2n) is 10.8. The zero-order valence-corrected chi connectivity index (χ0v) is 22.7. The van der Waals surface area contributed by atoms with E-state index < -0.39 is 0 Å². The van der Waals surface area contributed by atoms with Crippen LogP contribution in [0.2, 0.25) is 0 Å². The van der Waals surface area contributed by atoms with Gasteiger partial charge in [0.1, 0.15) is 5.75 Å². The molecule has 0 bridgehead atoms. The van der Waals surface area contributed by atoms with Crippen LogP contribution in [-0.4, -0.2) is 66.7 Å². The first-order chi connectivity index (χ1) is 19.0. The number of methoxy groups -OCH3 is 1. The number of hydrogen-bond acceptors (Lipinski definition) is 6. The first-order valence-corrected chi connectivity index (χ1v) is 14.1. The highest BCUT2D eigenvalue weighted by Crippen LogP contribution is 2.29. The molecule has 3 aromatic rings. The highest BCUT2D eigenvalue weighted by molar-refractivity contribution is 5.78. The first kappa shape index (κ1) is 27.0. The molecular weight excluding hydrogens is 494 g/mol. The Morgan fingerprint density at radius 3 is 2.41 bits per heavy atom. The Balaban J connectivity index is 0.999. The van der Waals surface area contributed by atoms with E-state index >= 15 is 0 Å². The van der Waals surface area contributed by atoms with E-state index in [-0.39, 0.29) is 29.0 Å². The fourth-order valence-corrected chi connectivity index (χ4v) is 5.91. The highest BCUT2D eigenvalue weighted by Gasteiger charge is 2.27. The number of hydrogen-bond donors (Lipinski definition) is 2. The van der Waals surface area contributed by atoms with E-state index in [1.54, 1.807) is 31.4 Å². The van der Waals surface area contributed by atoms with Crippen LogP contribution in [0.5, 0.6) is 5.75 Å². The van der Waals surface area contributed by atoms with Gasteiger partial charge in [-0.1, -0.05) is 12.1 Å². The van der Waals surface area contributed by atoms with Gasteiger partial charge in [0, 0.05) is 50.9 Å². The number of ether oxygens (including phenoxy) is 1. The van der Waals surface area contributed by atoms with Crippen molar-refractivity contribution in [3.8, 4) is 5.75 Å². The van der Waals surface area contributed by atoms with E-state index in [0.717, 1.165) is 70.6 Å². The number of para-hydroxylation sites is 1. The van der Waals surface area contributed by atoms with Gasteiger partial charge in [0.2, 0.25) is 5.91 Å². The molecule has 1 saturated carbocycles. The van der Waals surface area contributed by atoms with Gasteiger partial charge >= 0.3 is 5.69 Å². The number of carbonyl (C=O) groups is 1. The fraction of sp³-hybridized carbons (Fsp3) is 0.500. The Morgan fingerprint density at radius 2 is 1.69 bits per heavy atom. The molecule has 2 aromatic carbocycles. The van der Waals surface area contributed by atoms with E-state index in [0.29, 0.717) is 24.0 Å². The standard InChI is InChI=1S/C30H39N5O4/c1-39-25-13-11-24(12-14-25)34-19-17-33(18-20-34)16-4-15-31-28(36)23-9-7-22(8-10-23)21-35-29(37)26-5-2-3-6-27(26)32-30(35)38/h2-3,5-6,11-14,22-23H,4,7-10,15-21H2,1H3,(H,31,36)(H,32,38). The van der Waals surface area contributed by atoms with Crippen molar-refractivity contribution < 1.29 is 9.53 Å². The number of anilines is 1. The van der Waals surface area contributed by atoms with Crippen molar-refractivity contribution in [2.24, 2.45) is 11.8 Å². The molecule has 2 aliphatic rings. The zero-order chi connectivity index (χ0) is 27.2. The summed E-state index contributed by atoms with van der Waals surface area (Å²) in [7, 11) is 1.68. The maximum absolute atomic E-state index is 12.8. The van der Waals surface area contributed by atoms with Gasteiger partial charge in [-0.25, -0.2) is 4.79 Å². The summed E-state index contributed by atoms with van der Waals surface area (Å²) in [5.41, 5.74) is 1.20. The third-order valence-electron chi connectivity index (χ3n) is 8.31. The minimum Gasteiger partial charge on any atom is -0.497 e. The van der Waals surface area contributed by atoms with Gasteiger partial charge in [-0.05, 0) is 81.0 Å². The predicted molar refractivity (Wildman–Crippen MR) is 154 cm³/mol. The van der Waals surface area contributed by atoms with Gasteiger partial charge in [-0.15, -0.1) is 0 Å². The molecular formula is C30H39N5O4. The number of aromatic amines is 1. The second-order valence-corrected chi connectivity index (χ2v) is 10.8. The molecule has 1 saturated heterocycles. The molecule has 208 valence electrons. The molecule has 0 spiro atoms. The molecule has 39 heavy (non-hydrogen) atoms. The lowest BCUT2D eigenvalue weighted by Crippen LogP contribution is -2.47. The zero-order valence-electron chi connectivity index (χ0n) is 22.7. The Bertz CT molecular complexity index is 1370. The third-order valence-corrected chi connectivity index (χ3v) is 8.31. The number of H-pyrrole nitrogens is 1. The van der Waals surface area contributed by atoms with E-state index in [4.69, 9.17) is 4.74 Å². The van der Waals surface area contributed by atoms with Crippen molar-refractivity contribution in [1.82, 2.24) is 19.8 Å². The average molecular weight is 534 g/mol. The largest absolute Gasteiger partial charge is 0.497 e. The summed E-state index contributed by atoms with van der Waals surface area (Å²) >= 11 is 0. The molecule has 0 unspecified atom stereocenters. The maximum atomic E-state index is 12.8. The molecule has 0 radical (unpaired) electrons. The molecule has 5 rings (SSSR count). The number of benzene rings is 2. The van der Waals surface area contributed by atoms with Crippen LogP contribution in [0.15, 0.2) is 58.1 Å². The molecule has 9 nitrogen and oxygen atoms in total. The fourth-order valence-electron chi connectivity index (χ4n) is 5.91. The maximum Gasteiger partial charge on any atom is 0.328 e. The van der Waals surface area contributed by atoms with Crippen molar-refractivity contribution in [3.63, 3.8) is 0 Å². The summed E-state index contributed by atoms with van der Waals surface area (Å²) in [5.74, 6) is 1.26. The second kappa shape index (κ2) is 12.5. The SMILES string of the molecule is COc1ccc(N2CCN(CCCNC(=O)C3CCC(Cn4c(=O)[nH]c5ccccc5c4=O)CC3)CC2)cc1. The Morgan fingerprint density at radius 1 is 0.974 bits per heavy atom. The summed E-state index contributed by atoms with van der Waals surface area (Å²) in [6.07, 6.45) is 4.22. The molecule has 1 aliphatic carbocycles. The highest BCUT2D eigenvalue weighted by atomic mass is 16.5. The summed E-state index contributed by atoms with van der Waals surface area (Å²) in [6.45, 7) is 6.12. The van der Waals surface area contributed by atoms with E-state index in [9.17, 15) is 14.4 Å². The molecule has 0 atom stereocenters. The Hall–Kier alpha value is -3.59. The molecule has 9 heteroatoms. The molecule has 1 amide bonds. The average Bonchev–Trinajstić information content (AvgIpc) is 2.98. The quantitative estimate of drug-likeness (QED) is 0.411. The number of aromatic nitrogens is 2. The predicted octanol–water partition coefficient (Wildman–Crippen LogP) is 2.83. The van der Waals surface area contributed by atoms with Gasteiger partial charge in [0.05, 0.1) is 18.0 Å². The van der Waals surface area contributed by atoms with Crippen LogP contribution in [0.4, 0.5) is 5.69 Å². The third kappa shape index (κ3) is 6.53. The lowest BCUT2D eigenvalue weighted by Gasteiger charge is -2.36. The minimum absolute atomic E-state index is 0.0147. The summed E-state index contributed by atoms with van der Waals surface area (Å²) < 4.78 is 6.57. The molecule has 1 aliphatic heterocycles. The lowest BCUT2D eigenvalue weighted by molar-refractivity contribution is -0.126. The van der Waals surface area contributed by atoms with Crippen LogP contribution in [0.1, 0.15) is 32.1 Å². The van der Waals surface area contributed by atoms with Gasteiger partial charge < -0.3 is 19.9 Å². The van der Waals surface area contributed by atoms with Crippen LogP contribution in [0.3, 0.4) is 0 Å². The van der Waals surface area contributed by atoms with E-state index in [1.165, 1.54) is 10.3 Å². The van der Waals surface area contributed by atoms with Crippen LogP contribution in [-0.2, 0) is 11.3 Å². The van der Waals surface area contributed by atoms with Crippen LogP contribution in [0, 0.1) is 11.8 Å².